The molecular weight excluding hydrogens is 530 g/mol. The molecule has 0 saturated carbocycles. The molecule has 0 fully saturated rings. The fourth-order valence-electron chi connectivity index (χ4n) is 5.82. The van der Waals surface area contributed by atoms with Crippen molar-refractivity contribution in [3.8, 4) is 69.6 Å². The SMILES string of the molecule is CC#CC#CC#CC#CC1(C)c2cc(C)ccc2-c2ccc(-c3ccc(N(c4ccccc4)c4ccc(C)cc4)cc3)cc21. The van der Waals surface area contributed by atoms with E-state index in [1.54, 1.807) is 6.92 Å². The third-order valence-electron chi connectivity index (χ3n) is 8.08. The van der Waals surface area contributed by atoms with E-state index in [1.807, 2.05) is 0 Å². The highest BCUT2D eigenvalue weighted by atomic mass is 15.1. The Morgan fingerprint density at radius 3 is 1.70 bits per heavy atom. The number of para-hydroxylation sites is 1. The Morgan fingerprint density at radius 2 is 1.02 bits per heavy atom. The minimum atomic E-state index is -0.493. The molecule has 0 bridgehead atoms. The van der Waals surface area contributed by atoms with Gasteiger partial charge in [0.15, 0.2) is 0 Å². The summed E-state index contributed by atoms with van der Waals surface area (Å²) in [5.41, 5.74) is 12.5. The van der Waals surface area contributed by atoms with Gasteiger partial charge in [-0.3, -0.25) is 0 Å². The molecule has 0 amide bonds. The molecule has 208 valence electrons. The molecule has 0 saturated heterocycles. The molecule has 1 nitrogen and oxygen atoms in total. The number of rotatable bonds is 4. The summed E-state index contributed by atoms with van der Waals surface area (Å²) in [6.45, 7) is 8.20. The predicted molar refractivity (Wildman–Crippen MR) is 185 cm³/mol. The van der Waals surface area contributed by atoms with Crippen LogP contribution in [0.4, 0.5) is 17.1 Å². The van der Waals surface area contributed by atoms with Gasteiger partial charge in [-0.2, -0.15) is 0 Å². The third-order valence-corrected chi connectivity index (χ3v) is 8.08. The molecule has 1 unspecified atom stereocenters. The summed E-state index contributed by atoms with van der Waals surface area (Å²) in [7, 11) is 0. The van der Waals surface area contributed by atoms with Crippen molar-refractivity contribution in [2.75, 3.05) is 4.90 Å². The van der Waals surface area contributed by atoms with E-state index in [-0.39, 0.29) is 0 Å². The Morgan fingerprint density at radius 1 is 0.500 bits per heavy atom. The summed E-state index contributed by atoms with van der Waals surface area (Å²) in [5, 5.41) is 0. The lowest BCUT2D eigenvalue weighted by Gasteiger charge is -2.26. The van der Waals surface area contributed by atoms with Gasteiger partial charge in [-0.05, 0) is 139 Å². The van der Waals surface area contributed by atoms with Gasteiger partial charge in [-0.25, -0.2) is 0 Å². The molecular formula is C43H31N. The zero-order valence-electron chi connectivity index (χ0n) is 25.4. The molecule has 0 heterocycles. The highest BCUT2D eigenvalue weighted by Crippen LogP contribution is 2.50. The number of hydrogen-bond donors (Lipinski definition) is 0. The fraction of sp³-hybridized carbons (Fsp3) is 0.116. The molecule has 5 aromatic rings. The van der Waals surface area contributed by atoms with Crippen molar-refractivity contribution in [2.45, 2.75) is 33.1 Å². The average Bonchev–Trinajstić information content (AvgIpc) is 3.29. The molecule has 1 heteroatoms. The van der Waals surface area contributed by atoms with Crippen molar-refractivity contribution in [1.29, 1.82) is 0 Å². The van der Waals surface area contributed by atoms with Crippen LogP contribution in [-0.2, 0) is 5.41 Å². The summed E-state index contributed by atoms with van der Waals surface area (Å²) < 4.78 is 0. The van der Waals surface area contributed by atoms with Crippen LogP contribution in [0.1, 0.15) is 36.1 Å². The Balaban J connectivity index is 1.39. The standard InChI is InChI=1S/C43H31N/c1-5-6-7-8-9-10-14-29-43(4)41-30-33(3)19-27-39(41)40-28-22-35(31-42(40)43)34-20-25-38(26-21-34)44(36-15-12-11-13-16-36)37-23-17-32(2)18-24-37/h11-13,15-28,30-31H,1-4H3. The molecule has 0 aromatic heterocycles. The summed E-state index contributed by atoms with van der Waals surface area (Å²) in [4.78, 5) is 2.29. The maximum Gasteiger partial charge on any atom is 0.0806 e. The average molecular weight is 562 g/mol. The van der Waals surface area contributed by atoms with Crippen LogP contribution in [0.2, 0.25) is 0 Å². The van der Waals surface area contributed by atoms with E-state index in [2.05, 4.69) is 188 Å². The lowest BCUT2D eigenvalue weighted by Crippen LogP contribution is -2.18. The fourth-order valence-corrected chi connectivity index (χ4v) is 5.82. The van der Waals surface area contributed by atoms with Crippen LogP contribution < -0.4 is 4.90 Å². The summed E-state index contributed by atoms with van der Waals surface area (Å²) in [6.07, 6.45) is 0. The lowest BCUT2D eigenvalue weighted by molar-refractivity contribution is 0.778. The number of fused-ring (bicyclic) bond motifs is 3. The number of hydrogen-bond acceptors (Lipinski definition) is 1. The quantitative estimate of drug-likeness (QED) is 0.197. The molecule has 5 aromatic carbocycles. The summed E-state index contributed by atoms with van der Waals surface area (Å²) >= 11 is 0. The van der Waals surface area contributed by atoms with Crippen LogP contribution in [0.15, 0.2) is 115 Å². The second-order valence-corrected chi connectivity index (χ2v) is 11.1. The first-order chi connectivity index (χ1) is 21.5. The molecule has 0 radical (unpaired) electrons. The molecule has 44 heavy (non-hydrogen) atoms. The van der Waals surface area contributed by atoms with Crippen LogP contribution in [0.25, 0.3) is 22.3 Å². The van der Waals surface area contributed by atoms with Crippen molar-refractivity contribution in [3.63, 3.8) is 0 Å². The Labute approximate surface area is 261 Å². The second-order valence-electron chi connectivity index (χ2n) is 11.1. The number of anilines is 3. The molecule has 0 spiro atoms. The highest BCUT2D eigenvalue weighted by Gasteiger charge is 2.38. The third kappa shape index (κ3) is 5.49. The first-order valence-corrected chi connectivity index (χ1v) is 14.7. The van der Waals surface area contributed by atoms with Crippen molar-refractivity contribution in [1.82, 2.24) is 0 Å². The van der Waals surface area contributed by atoms with Gasteiger partial charge in [0.05, 0.1) is 5.41 Å². The Bertz CT molecular complexity index is 2100. The van der Waals surface area contributed by atoms with Crippen molar-refractivity contribution in [2.24, 2.45) is 0 Å². The number of benzene rings is 5. The number of nitrogens with zero attached hydrogens (tertiary/aromatic N) is 1. The van der Waals surface area contributed by atoms with E-state index in [0.29, 0.717) is 0 Å². The second kappa shape index (κ2) is 12.2. The maximum atomic E-state index is 3.50. The maximum absolute atomic E-state index is 3.50. The topological polar surface area (TPSA) is 3.24 Å². The summed E-state index contributed by atoms with van der Waals surface area (Å²) in [6, 6.07) is 41.4. The van der Waals surface area contributed by atoms with E-state index < -0.39 is 5.41 Å². The molecule has 1 atom stereocenters. The molecule has 1 aliphatic carbocycles. The molecule has 1 aliphatic rings. The molecule has 6 rings (SSSR count). The van der Waals surface area contributed by atoms with Gasteiger partial charge < -0.3 is 4.90 Å². The first kappa shape index (κ1) is 28.3. The monoisotopic (exact) mass is 561 g/mol. The van der Waals surface area contributed by atoms with Gasteiger partial charge in [0.25, 0.3) is 0 Å². The predicted octanol–water partition coefficient (Wildman–Crippen LogP) is 9.76. The zero-order valence-corrected chi connectivity index (χ0v) is 25.4. The van der Waals surface area contributed by atoms with Gasteiger partial charge >= 0.3 is 0 Å². The van der Waals surface area contributed by atoms with E-state index in [1.165, 1.54) is 33.4 Å². The van der Waals surface area contributed by atoms with Crippen molar-refractivity contribution >= 4 is 17.1 Å². The highest BCUT2D eigenvalue weighted by molar-refractivity contribution is 5.86. The van der Waals surface area contributed by atoms with Gasteiger partial charge in [0.1, 0.15) is 0 Å². The van der Waals surface area contributed by atoms with Gasteiger partial charge in [-0.15, -0.1) is 0 Å². The van der Waals surface area contributed by atoms with E-state index in [9.17, 15) is 0 Å². The smallest absolute Gasteiger partial charge is 0.0806 e. The van der Waals surface area contributed by atoms with Crippen LogP contribution in [0, 0.1) is 61.2 Å². The van der Waals surface area contributed by atoms with E-state index in [0.717, 1.165) is 28.2 Å². The van der Waals surface area contributed by atoms with E-state index >= 15 is 0 Å². The Hall–Kier alpha value is -5.86. The van der Waals surface area contributed by atoms with Crippen LogP contribution >= 0.6 is 0 Å². The van der Waals surface area contributed by atoms with Crippen LogP contribution in [-0.4, -0.2) is 0 Å². The minimum Gasteiger partial charge on any atom is -0.311 e. The van der Waals surface area contributed by atoms with Crippen molar-refractivity contribution in [3.05, 3.63) is 138 Å². The van der Waals surface area contributed by atoms with Gasteiger partial charge in [0.2, 0.25) is 0 Å². The normalized spacial score (nSPS) is 13.7. The molecule has 0 N–H and O–H groups in total. The summed E-state index contributed by atoms with van der Waals surface area (Å²) in [5.74, 6) is 23.2. The zero-order chi connectivity index (χ0) is 30.5. The molecule has 0 aliphatic heterocycles. The van der Waals surface area contributed by atoms with Crippen molar-refractivity contribution < 1.29 is 0 Å². The first-order valence-electron chi connectivity index (χ1n) is 14.7. The largest absolute Gasteiger partial charge is 0.311 e. The minimum absolute atomic E-state index is 0.493. The van der Waals surface area contributed by atoms with E-state index in [4.69, 9.17) is 0 Å². The number of aryl methyl sites for hydroxylation is 2. The Kier molecular flexibility index (Phi) is 7.82. The van der Waals surface area contributed by atoms with Gasteiger partial charge in [-0.1, -0.05) is 95.8 Å². The van der Waals surface area contributed by atoms with Gasteiger partial charge in [0, 0.05) is 17.1 Å². The van der Waals surface area contributed by atoms with Crippen LogP contribution in [0.3, 0.4) is 0 Å². The van der Waals surface area contributed by atoms with Crippen LogP contribution in [0.5, 0.6) is 0 Å². The lowest BCUT2D eigenvalue weighted by atomic mass is 9.79.